The Kier molecular flexibility index (Phi) is 11.1. The summed E-state index contributed by atoms with van der Waals surface area (Å²) in [6.45, 7) is 7.14. The fourth-order valence-electron chi connectivity index (χ4n) is 1.51. The molecule has 0 heterocycles. The molecule has 25 heavy (non-hydrogen) atoms. The number of hydrogen-bond acceptors (Lipinski definition) is 3. The number of ether oxygens (including phenoxy) is 1. The van der Waals surface area contributed by atoms with Crippen LogP contribution in [0, 0.1) is 0 Å². The van der Waals surface area contributed by atoms with Crippen molar-refractivity contribution in [3.05, 3.63) is 83.1 Å². The second kappa shape index (κ2) is 12.5. The minimum Gasteiger partial charge on any atom is -0.478 e. The van der Waals surface area contributed by atoms with Gasteiger partial charge in [-0.05, 0) is 27.7 Å². The van der Waals surface area contributed by atoms with Crippen LogP contribution in [0.1, 0.15) is 27.7 Å². The standard InChI is InChI=1S/C21H26O4/c1-16(12-8-14-18(3)20(22)23)10-6-7-11-17(2)13-9-15-19(4)21(24)25-5/h6-15H,1-5H3,(H,22,23). The number of esters is 1. The summed E-state index contributed by atoms with van der Waals surface area (Å²) in [5.74, 6) is -1.26. The van der Waals surface area contributed by atoms with Crippen LogP contribution in [0.5, 0.6) is 0 Å². The quantitative estimate of drug-likeness (QED) is 0.394. The minimum atomic E-state index is -0.920. The average Bonchev–Trinajstić information content (AvgIpc) is 2.57. The van der Waals surface area contributed by atoms with Gasteiger partial charge < -0.3 is 9.84 Å². The number of carbonyl (C=O) groups is 2. The van der Waals surface area contributed by atoms with Gasteiger partial charge in [-0.15, -0.1) is 0 Å². The highest BCUT2D eigenvalue weighted by Gasteiger charge is 1.99. The zero-order valence-electron chi connectivity index (χ0n) is 15.4. The van der Waals surface area contributed by atoms with E-state index >= 15 is 0 Å². The van der Waals surface area contributed by atoms with E-state index in [-0.39, 0.29) is 5.97 Å². The van der Waals surface area contributed by atoms with E-state index in [9.17, 15) is 9.59 Å². The molecular formula is C21H26O4. The topological polar surface area (TPSA) is 63.6 Å². The Labute approximate surface area is 149 Å². The van der Waals surface area contributed by atoms with E-state index in [0.29, 0.717) is 11.1 Å². The smallest absolute Gasteiger partial charge is 0.333 e. The molecule has 4 nitrogen and oxygen atoms in total. The highest BCUT2D eigenvalue weighted by molar-refractivity contribution is 5.88. The highest BCUT2D eigenvalue weighted by atomic mass is 16.5. The van der Waals surface area contributed by atoms with Crippen molar-refractivity contribution in [2.75, 3.05) is 7.11 Å². The lowest BCUT2D eigenvalue weighted by molar-refractivity contribution is -0.136. The SMILES string of the molecule is COC(=O)C(C)=CC=CC(C)=CC=CC=C(C)C=CC=C(C)C(=O)O. The maximum Gasteiger partial charge on any atom is 0.333 e. The van der Waals surface area contributed by atoms with Crippen molar-refractivity contribution in [1.29, 1.82) is 0 Å². The molecule has 0 aliphatic heterocycles. The van der Waals surface area contributed by atoms with Crippen molar-refractivity contribution < 1.29 is 19.4 Å². The van der Waals surface area contributed by atoms with Gasteiger partial charge in [-0.25, -0.2) is 9.59 Å². The average molecular weight is 342 g/mol. The van der Waals surface area contributed by atoms with Crippen LogP contribution >= 0.6 is 0 Å². The number of carbonyl (C=O) groups excluding carboxylic acids is 1. The number of allylic oxidation sites excluding steroid dienone is 12. The van der Waals surface area contributed by atoms with Crippen LogP contribution in [0.4, 0.5) is 0 Å². The van der Waals surface area contributed by atoms with Crippen LogP contribution in [0.2, 0.25) is 0 Å². The summed E-state index contributed by atoms with van der Waals surface area (Å²) in [6.07, 6.45) is 18.2. The lowest BCUT2D eigenvalue weighted by Gasteiger charge is -1.95. The number of methoxy groups -OCH3 is 1. The van der Waals surface area contributed by atoms with Gasteiger partial charge in [0.2, 0.25) is 0 Å². The Morgan fingerprint density at radius 2 is 1.16 bits per heavy atom. The van der Waals surface area contributed by atoms with Crippen molar-refractivity contribution >= 4 is 11.9 Å². The van der Waals surface area contributed by atoms with Crippen molar-refractivity contribution in [3.8, 4) is 0 Å². The number of carboxylic acid groups (broad SMARTS) is 1. The third-order valence-electron chi connectivity index (χ3n) is 3.08. The Balaban J connectivity index is 4.65. The molecule has 0 amide bonds. The first kappa shape index (κ1) is 22.1. The molecule has 0 saturated heterocycles. The second-order valence-electron chi connectivity index (χ2n) is 5.42. The summed E-state index contributed by atoms with van der Waals surface area (Å²) < 4.78 is 4.61. The molecule has 0 aliphatic rings. The Morgan fingerprint density at radius 1 is 0.720 bits per heavy atom. The van der Waals surface area contributed by atoms with Crippen LogP contribution < -0.4 is 0 Å². The summed E-state index contributed by atoms with van der Waals surface area (Å²) in [5.41, 5.74) is 2.87. The number of aliphatic carboxylic acids is 1. The van der Waals surface area contributed by atoms with E-state index in [4.69, 9.17) is 5.11 Å². The molecule has 0 unspecified atom stereocenters. The molecule has 0 aromatic heterocycles. The van der Waals surface area contributed by atoms with E-state index in [1.165, 1.54) is 7.11 Å². The molecule has 0 bridgehead atoms. The number of hydrogen-bond donors (Lipinski definition) is 1. The molecule has 0 aromatic carbocycles. The molecule has 4 heteroatoms. The molecule has 134 valence electrons. The predicted octanol–water partition coefficient (Wildman–Crippen LogP) is 4.70. The highest BCUT2D eigenvalue weighted by Crippen LogP contribution is 2.01. The lowest BCUT2D eigenvalue weighted by atomic mass is 10.2. The monoisotopic (exact) mass is 342 g/mol. The summed E-state index contributed by atoms with van der Waals surface area (Å²) in [4.78, 5) is 21.9. The van der Waals surface area contributed by atoms with Crippen LogP contribution in [0.15, 0.2) is 83.1 Å². The lowest BCUT2D eigenvalue weighted by Crippen LogP contribution is -2.00. The predicted molar refractivity (Wildman–Crippen MR) is 102 cm³/mol. The fraction of sp³-hybridized carbons (Fsp3) is 0.238. The van der Waals surface area contributed by atoms with Crippen molar-refractivity contribution in [2.45, 2.75) is 27.7 Å². The Morgan fingerprint density at radius 3 is 1.56 bits per heavy atom. The molecule has 0 rings (SSSR count). The molecule has 0 fully saturated rings. The van der Waals surface area contributed by atoms with Crippen LogP contribution in [-0.2, 0) is 14.3 Å². The molecule has 0 atom stereocenters. The van der Waals surface area contributed by atoms with Gasteiger partial charge in [0.05, 0.1) is 7.11 Å². The van der Waals surface area contributed by atoms with Crippen LogP contribution in [0.25, 0.3) is 0 Å². The summed E-state index contributed by atoms with van der Waals surface area (Å²) in [7, 11) is 1.35. The van der Waals surface area contributed by atoms with Gasteiger partial charge in [0, 0.05) is 11.1 Å². The van der Waals surface area contributed by atoms with Crippen LogP contribution in [0.3, 0.4) is 0 Å². The van der Waals surface area contributed by atoms with Gasteiger partial charge in [-0.3, -0.25) is 0 Å². The maximum atomic E-state index is 11.2. The van der Waals surface area contributed by atoms with E-state index in [0.717, 1.165) is 11.1 Å². The van der Waals surface area contributed by atoms with E-state index in [1.807, 2.05) is 50.3 Å². The number of rotatable bonds is 8. The van der Waals surface area contributed by atoms with E-state index < -0.39 is 5.97 Å². The van der Waals surface area contributed by atoms with Gasteiger partial charge in [-0.2, -0.15) is 0 Å². The Bertz CT molecular complexity index is 681. The molecule has 0 radical (unpaired) electrons. The van der Waals surface area contributed by atoms with Crippen molar-refractivity contribution in [3.63, 3.8) is 0 Å². The third kappa shape index (κ3) is 11.3. The molecule has 0 aromatic rings. The van der Waals surface area contributed by atoms with Crippen molar-refractivity contribution in [2.24, 2.45) is 0 Å². The molecule has 1 N–H and O–H groups in total. The zero-order valence-corrected chi connectivity index (χ0v) is 15.4. The molecule has 0 saturated carbocycles. The van der Waals surface area contributed by atoms with Gasteiger partial charge in [0.1, 0.15) is 0 Å². The van der Waals surface area contributed by atoms with Crippen LogP contribution in [-0.4, -0.2) is 24.2 Å². The van der Waals surface area contributed by atoms with E-state index in [1.54, 1.807) is 38.2 Å². The zero-order chi connectivity index (χ0) is 19.2. The fourth-order valence-corrected chi connectivity index (χ4v) is 1.51. The minimum absolute atomic E-state index is 0.293. The first-order valence-electron chi connectivity index (χ1n) is 7.81. The van der Waals surface area contributed by atoms with Gasteiger partial charge in [0.15, 0.2) is 0 Å². The third-order valence-corrected chi connectivity index (χ3v) is 3.08. The number of carboxylic acids is 1. The van der Waals surface area contributed by atoms with Gasteiger partial charge in [-0.1, -0.05) is 71.9 Å². The molecule has 0 aliphatic carbocycles. The van der Waals surface area contributed by atoms with Gasteiger partial charge >= 0.3 is 11.9 Å². The summed E-state index contributed by atoms with van der Waals surface area (Å²) in [6, 6.07) is 0. The largest absolute Gasteiger partial charge is 0.478 e. The summed E-state index contributed by atoms with van der Waals surface area (Å²) in [5, 5.41) is 8.74. The molecule has 0 spiro atoms. The Hall–Kier alpha value is -2.88. The first-order valence-corrected chi connectivity index (χ1v) is 7.81. The maximum absolute atomic E-state index is 11.2. The normalized spacial score (nSPS) is 14.8. The molecular weight excluding hydrogens is 316 g/mol. The summed E-state index contributed by atoms with van der Waals surface area (Å²) >= 11 is 0. The van der Waals surface area contributed by atoms with Gasteiger partial charge in [0.25, 0.3) is 0 Å². The van der Waals surface area contributed by atoms with Crippen molar-refractivity contribution in [1.82, 2.24) is 0 Å². The second-order valence-corrected chi connectivity index (χ2v) is 5.42. The first-order chi connectivity index (χ1) is 11.8. The van der Waals surface area contributed by atoms with E-state index in [2.05, 4.69) is 4.74 Å².